The van der Waals surface area contributed by atoms with E-state index in [1.807, 2.05) is 30.3 Å². The van der Waals surface area contributed by atoms with Crippen molar-refractivity contribution in [2.24, 2.45) is 4.99 Å². The van der Waals surface area contributed by atoms with Crippen LogP contribution in [-0.2, 0) is 6.54 Å². The highest BCUT2D eigenvalue weighted by atomic mass is 32.1. The van der Waals surface area contributed by atoms with Crippen LogP contribution in [0.4, 0.5) is 11.4 Å². The van der Waals surface area contributed by atoms with E-state index in [0.717, 1.165) is 40.4 Å². The van der Waals surface area contributed by atoms with Gasteiger partial charge in [0, 0.05) is 31.3 Å². The normalized spacial score (nSPS) is 11.9. The van der Waals surface area contributed by atoms with Gasteiger partial charge in [0.15, 0.2) is 4.80 Å². The first-order valence-electron chi connectivity index (χ1n) is 8.87. The van der Waals surface area contributed by atoms with E-state index in [4.69, 9.17) is 4.99 Å². The van der Waals surface area contributed by atoms with E-state index in [9.17, 15) is 10.1 Å². The van der Waals surface area contributed by atoms with Gasteiger partial charge in [0.25, 0.3) is 5.69 Å². The van der Waals surface area contributed by atoms with Crippen molar-refractivity contribution in [3.05, 3.63) is 75.7 Å². The van der Waals surface area contributed by atoms with Crippen molar-refractivity contribution in [3.8, 4) is 10.4 Å². The van der Waals surface area contributed by atoms with Gasteiger partial charge in [-0.1, -0.05) is 29.5 Å². The van der Waals surface area contributed by atoms with E-state index in [0.29, 0.717) is 0 Å². The molecule has 0 aliphatic rings. The molecule has 1 heterocycles. The summed E-state index contributed by atoms with van der Waals surface area (Å²) < 4.78 is 2.18. The smallest absolute Gasteiger partial charge is 0.269 e. The number of rotatable bonds is 7. The predicted octanol–water partition coefficient (Wildman–Crippen LogP) is 2.89. The van der Waals surface area contributed by atoms with Crippen LogP contribution in [0.25, 0.3) is 10.4 Å². The molecular formula is C20H23N4O2S+. The number of aryl methyl sites for hydroxylation is 1. The van der Waals surface area contributed by atoms with Gasteiger partial charge in [-0.3, -0.25) is 10.1 Å². The predicted molar refractivity (Wildman–Crippen MR) is 108 cm³/mol. The first-order chi connectivity index (χ1) is 13.0. The van der Waals surface area contributed by atoms with E-state index in [1.54, 1.807) is 35.6 Å². The highest BCUT2D eigenvalue weighted by Crippen LogP contribution is 2.25. The molecule has 0 aliphatic heterocycles. The van der Waals surface area contributed by atoms with Crippen molar-refractivity contribution in [3.63, 3.8) is 0 Å². The first-order valence-corrected chi connectivity index (χ1v) is 9.68. The van der Waals surface area contributed by atoms with Gasteiger partial charge in [-0.2, -0.15) is 0 Å². The fraction of sp³-hybridized carbons (Fsp3) is 0.250. The first kappa shape index (κ1) is 19.0. The second-order valence-corrected chi connectivity index (χ2v) is 7.64. The lowest BCUT2D eigenvalue weighted by Gasteiger charge is -2.07. The Morgan fingerprint density at radius 3 is 2.44 bits per heavy atom. The fourth-order valence-electron chi connectivity index (χ4n) is 2.72. The van der Waals surface area contributed by atoms with Crippen molar-refractivity contribution < 1.29 is 9.82 Å². The Morgan fingerprint density at radius 2 is 1.81 bits per heavy atom. The average molecular weight is 383 g/mol. The molecule has 0 amide bonds. The van der Waals surface area contributed by atoms with E-state index in [-0.39, 0.29) is 10.6 Å². The molecule has 0 saturated heterocycles. The zero-order valence-electron chi connectivity index (χ0n) is 15.5. The summed E-state index contributed by atoms with van der Waals surface area (Å²) in [4.78, 5) is 18.7. The molecule has 0 radical (unpaired) electrons. The van der Waals surface area contributed by atoms with Crippen LogP contribution in [-0.4, -0.2) is 30.1 Å². The Labute approximate surface area is 162 Å². The Kier molecular flexibility index (Phi) is 6.16. The number of hydrogen-bond donors (Lipinski definition) is 1. The van der Waals surface area contributed by atoms with E-state index in [2.05, 4.69) is 24.9 Å². The molecule has 0 saturated carbocycles. The van der Waals surface area contributed by atoms with Crippen LogP contribution in [0.15, 0.2) is 65.8 Å². The minimum absolute atomic E-state index is 0.103. The molecule has 1 N–H and O–H groups in total. The average Bonchev–Trinajstić information content (AvgIpc) is 3.05. The summed E-state index contributed by atoms with van der Waals surface area (Å²) in [5.41, 5.74) is 1.99. The summed E-state index contributed by atoms with van der Waals surface area (Å²) >= 11 is 1.60. The Morgan fingerprint density at radius 1 is 1.11 bits per heavy atom. The summed E-state index contributed by atoms with van der Waals surface area (Å²) in [6.45, 7) is 1.97. The van der Waals surface area contributed by atoms with Crippen LogP contribution >= 0.6 is 11.3 Å². The van der Waals surface area contributed by atoms with Crippen LogP contribution in [0.1, 0.15) is 6.42 Å². The number of thiazole rings is 1. The lowest BCUT2D eigenvalue weighted by Crippen LogP contribution is -3.05. The molecule has 0 aliphatic carbocycles. The summed E-state index contributed by atoms with van der Waals surface area (Å²) in [6, 6.07) is 16.6. The molecular weight excluding hydrogens is 360 g/mol. The maximum absolute atomic E-state index is 10.9. The van der Waals surface area contributed by atoms with E-state index in [1.165, 1.54) is 4.90 Å². The molecule has 0 fully saturated rings. The Bertz CT molecular complexity index is 960. The monoisotopic (exact) mass is 383 g/mol. The van der Waals surface area contributed by atoms with Gasteiger partial charge < -0.3 is 9.47 Å². The zero-order valence-corrected chi connectivity index (χ0v) is 16.3. The van der Waals surface area contributed by atoms with Crippen molar-refractivity contribution >= 4 is 22.7 Å². The Hall–Kier alpha value is -2.77. The maximum Gasteiger partial charge on any atom is 0.269 e. The molecule has 2 aromatic carbocycles. The van der Waals surface area contributed by atoms with Crippen LogP contribution in [0, 0.1) is 10.1 Å². The standard InChI is InChI=1S/C20H22N4O2S/c1-22(2)13-6-14-23-15-19(16-9-11-18(12-10-16)24(25)26)27-20(23)21-17-7-4-3-5-8-17/h3-5,7-12,15H,6,13-14H2,1-2H3/p+1. The molecule has 0 spiro atoms. The van der Waals surface area contributed by atoms with Gasteiger partial charge >= 0.3 is 0 Å². The largest absolute Gasteiger partial charge is 0.340 e. The molecule has 0 bridgehead atoms. The summed E-state index contributed by atoms with van der Waals surface area (Å²) in [5.74, 6) is 0. The second kappa shape index (κ2) is 8.75. The third-order valence-corrected chi connectivity index (χ3v) is 5.21. The molecule has 3 rings (SSSR count). The van der Waals surface area contributed by atoms with Crippen LogP contribution in [0.3, 0.4) is 0 Å². The van der Waals surface area contributed by atoms with Crippen molar-refractivity contribution in [1.82, 2.24) is 4.57 Å². The van der Waals surface area contributed by atoms with Gasteiger partial charge in [0.05, 0.1) is 36.1 Å². The molecule has 6 nitrogen and oxygen atoms in total. The maximum atomic E-state index is 10.9. The highest BCUT2D eigenvalue weighted by Gasteiger charge is 2.09. The van der Waals surface area contributed by atoms with Crippen LogP contribution < -0.4 is 9.70 Å². The van der Waals surface area contributed by atoms with Gasteiger partial charge in [-0.25, -0.2) is 4.99 Å². The number of quaternary nitrogens is 1. The summed E-state index contributed by atoms with van der Waals surface area (Å²) in [6.07, 6.45) is 3.15. The number of hydrogen-bond acceptors (Lipinski definition) is 4. The molecule has 0 unspecified atom stereocenters. The molecule has 1 aromatic heterocycles. The summed E-state index contributed by atoms with van der Waals surface area (Å²) in [7, 11) is 4.30. The molecule has 7 heteroatoms. The molecule has 140 valence electrons. The number of nitrogens with one attached hydrogen (secondary N) is 1. The van der Waals surface area contributed by atoms with Crippen LogP contribution in [0.2, 0.25) is 0 Å². The third kappa shape index (κ3) is 5.12. The lowest BCUT2D eigenvalue weighted by atomic mass is 10.2. The van der Waals surface area contributed by atoms with Gasteiger partial charge in [-0.15, -0.1) is 0 Å². The van der Waals surface area contributed by atoms with Gasteiger partial charge in [-0.05, 0) is 29.8 Å². The number of nitro groups is 1. The molecule has 27 heavy (non-hydrogen) atoms. The van der Waals surface area contributed by atoms with E-state index >= 15 is 0 Å². The lowest BCUT2D eigenvalue weighted by molar-refractivity contribution is -0.858. The zero-order chi connectivity index (χ0) is 19.2. The number of benzene rings is 2. The number of aromatic nitrogens is 1. The third-order valence-electron chi connectivity index (χ3n) is 4.14. The molecule has 3 aromatic rings. The van der Waals surface area contributed by atoms with Crippen molar-refractivity contribution in [2.75, 3.05) is 20.6 Å². The highest BCUT2D eigenvalue weighted by molar-refractivity contribution is 7.12. The Balaban J connectivity index is 1.95. The van der Waals surface area contributed by atoms with E-state index < -0.39 is 0 Å². The molecule has 0 atom stereocenters. The topological polar surface area (TPSA) is 64.9 Å². The quantitative estimate of drug-likeness (QED) is 0.504. The van der Waals surface area contributed by atoms with Gasteiger partial charge in [0.2, 0.25) is 0 Å². The van der Waals surface area contributed by atoms with Gasteiger partial charge in [0.1, 0.15) is 0 Å². The minimum atomic E-state index is -0.377. The number of nitro benzene ring substituents is 1. The van der Waals surface area contributed by atoms with Crippen molar-refractivity contribution in [1.29, 1.82) is 0 Å². The number of para-hydroxylation sites is 1. The van der Waals surface area contributed by atoms with Crippen LogP contribution in [0.5, 0.6) is 0 Å². The number of nitrogens with zero attached hydrogens (tertiary/aromatic N) is 3. The fourth-order valence-corrected chi connectivity index (χ4v) is 3.77. The SMILES string of the molecule is C[NH+](C)CCCn1cc(-c2ccc([N+](=O)[O-])cc2)sc1=Nc1ccccc1. The number of non-ortho nitro benzene ring substituents is 1. The second-order valence-electron chi connectivity index (χ2n) is 6.63. The minimum Gasteiger partial charge on any atom is -0.340 e. The van der Waals surface area contributed by atoms with Crippen molar-refractivity contribution in [2.45, 2.75) is 13.0 Å². The summed E-state index contributed by atoms with van der Waals surface area (Å²) in [5, 5.41) is 10.9.